The number of nitrogens with zero attached hydrogens (tertiary/aromatic N) is 3. The van der Waals surface area contributed by atoms with Crippen molar-refractivity contribution in [3.63, 3.8) is 0 Å². The number of aromatic amines is 1. The monoisotopic (exact) mass is 601 g/mol. The maximum Gasteiger partial charge on any atom is 0.274 e. The number of aryl methyl sites for hydroxylation is 3. The molecule has 228 valence electrons. The van der Waals surface area contributed by atoms with Gasteiger partial charge < -0.3 is 24.5 Å². The minimum atomic E-state index is -0.352. The molecule has 9 nitrogen and oxygen atoms in total. The summed E-state index contributed by atoms with van der Waals surface area (Å²) in [5.74, 6) is 0.394. The van der Waals surface area contributed by atoms with Gasteiger partial charge in [0.25, 0.3) is 17.4 Å². The molecule has 0 radical (unpaired) electrons. The Labute approximate surface area is 261 Å². The van der Waals surface area contributed by atoms with Gasteiger partial charge in [0.05, 0.1) is 6.07 Å². The number of fused-ring (bicyclic) bond motifs is 1. The summed E-state index contributed by atoms with van der Waals surface area (Å²) in [4.78, 5) is 44.1. The highest BCUT2D eigenvalue weighted by Crippen LogP contribution is 2.39. The third-order valence-electron chi connectivity index (χ3n) is 7.98. The number of carbonyl (C=O) groups is 2. The van der Waals surface area contributed by atoms with Crippen molar-refractivity contribution >= 4 is 22.7 Å². The maximum atomic E-state index is 14.0. The molecule has 0 aliphatic heterocycles. The van der Waals surface area contributed by atoms with Crippen LogP contribution in [-0.2, 0) is 13.5 Å². The van der Waals surface area contributed by atoms with Crippen molar-refractivity contribution in [3.05, 3.63) is 117 Å². The fourth-order valence-electron chi connectivity index (χ4n) is 5.57. The number of nitrogens with one attached hydrogen (secondary N) is 2. The van der Waals surface area contributed by atoms with Crippen molar-refractivity contribution in [3.8, 4) is 28.7 Å². The topological polar surface area (TPSA) is 120 Å². The van der Waals surface area contributed by atoms with E-state index in [4.69, 9.17) is 4.74 Å². The first kappa shape index (κ1) is 30.8. The van der Waals surface area contributed by atoms with Gasteiger partial charge in [0.2, 0.25) is 0 Å². The average molecular weight is 602 g/mol. The van der Waals surface area contributed by atoms with Gasteiger partial charge in [-0.1, -0.05) is 48.5 Å². The second-order valence-corrected chi connectivity index (χ2v) is 11.2. The van der Waals surface area contributed by atoms with Crippen molar-refractivity contribution in [2.24, 2.45) is 7.05 Å². The molecule has 0 bridgehead atoms. The number of pyridine rings is 1. The number of carbonyl (C=O) groups excluding carboxylic acids is 2. The number of aromatic nitrogens is 2. The third-order valence-corrected chi connectivity index (χ3v) is 7.98. The summed E-state index contributed by atoms with van der Waals surface area (Å²) in [6.07, 6.45) is 2.29. The molecular formula is C36H35N5O4. The minimum Gasteiger partial charge on any atom is -0.456 e. The molecule has 1 atom stereocenters. The molecular weight excluding hydrogens is 566 g/mol. The van der Waals surface area contributed by atoms with Gasteiger partial charge in [0.15, 0.2) is 0 Å². The normalized spacial score (nSPS) is 11.6. The summed E-state index contributed by atoms with van der Waals surface area (Å²) in [7, 11) is 3.17. The number of para-hydroxylation sites is 1. The first-order chi connectivity index (χ1) is 21.6. The van der Waals surface area contributed by atoms with Crippen molar-refractivity contribution in [2.45, 2.75) is 33.2 Å². The first-order valence-corrected chi connectivity index (χ1v) is 14.7. The molecule has 2 heterocycles. The molecule has 3 aromatic carbocycles. The van der Waals surface area contributed by atoms with E-state index in [1.54, 1.807) is 42.4 Å². The minimum absolute atomic E-state index is 0.0747. The Kier molecular flexibility index (Phi) is 8.86. The second-order valence-electron chi connectivity index (χ2n) is 11.2. The molecule has 0 fully saturated rings. The van der Waals surface area contributed by atoms with Gasteiger partial charge in [-0.3, -0.25) is 14.4 Å². The Bertz CT molecular complexity index is 1980. The Hall–Kier alpha value is -5.62. The standard InChI is InChI=1S/C36H35N5O4/c1-22-10-9-11-23(2)33(22)45-31-19-26(35(43)41(17-16-37)24(3)18-25-12-7-6-8-13-25)14-15-27(31)29-21-40(5)36(44)32-28(29)20-30(39-32)34(42)38-4/h6-15,19-21,24,39H,17-18H2,1-5H3,(H,38,42). The van der Waals surface area contributed by atoms with E-state index in [1.807, 2.05) is 69.3 Å². The van der Waals surface area contributed by atoms with Crippen molar-refractivity contribution in [1.82, 2.24) is 19.8 Å². The number of hydrogen-bond acceptors (Lipinski definition) is 5. The highest BCUT2D eigenvalue weighted by molar-refractivity contribution is 6.04. The van der Waals surface area contributed by atoms with Gasteiger partial charge in [0.1, 0.15) is 29.3 Å². The third kappa shape index (κ3) is 6.22. The molecule has 2 amide bonds. The zero-order chi connectivity index (χ0) is 32.2. The summed E-state index contributed by atoms with van der Waals surface area (Å²) in [5, 5.41) is 12.8. The van der Waals surface area contributed by atoms with E-state index in [0.717, 1.165) is 16.7 Å². The fraction of sp³-hybridized carbons (Fsp3) is 0.222. The predicted molar refractivity (Wildman–Crippen MR) is 175 cm³/mol. The molecule has 2 aromatic heterocycles. The Balaban J connectivity index is 1.66. The molecule has 5 aromatic rings. The first-order valence-electron chi connectivity index (χ1n) is 14.7. The Morgan fingerprint density at radius 3 is 2.40 bits per heavy atom. The fourth-order valence-corrected chi connectivity index (χ4v) is 5.57. The molecule has 0 spiro atoms. The summed E-state index contributed by atoms with van der Waals surface area (Å²) in [6.45, 7) is 5.75. The molecule has 0 aliphatic carbocycles. The van der Waals surface area contributed by atoms with Crippen LogP contribution in [0.25, 0.3) is 22.0 Å². The smallest absolute Gasteiger partial charge is 0.274 e. The van der Waals surface area contributed by atoms with Gasteiger partial charge in [0, 0.05) is 48.4 Å². The van der Waals surface area contributed by atoms with Crippen molar-refractivity contribution < 1.29 is 14.3 Å². The number of rotatable bonds is 9. The summed E-state index contributed by atoms with van der Waals surface area (Å²) < 4.78 is 8.04. The maximum absolute atomic E-state index is 14.0. The zero-order valence-electron chi connectivity index (χ0n) is 26.0. The predicted octanol–water partition coefficient (Wildman–Crippen LogP) is 5.90. The van der Waals surface area contributed by atoms with E-state index < -0.39 is 0 Å². The average Bonchev–Trinajstić information content (AvgIpc) is 3.49. The highest BCUT2D eigenvalue weighted by atomic mass is 16.5. The summed E-state index contributed by atoms with van der Waals surface area (Å²) in [5.41, 5.74) is 4.76. The summed E-state index contributed by atoms with van der Waals surface area (Å²) >= 11 is 0. The van der Waals surface area contributed by atoms with Crippen LogP contribution in [0.3, 0.4) is 0 Å². The lowest BCUT2D eigenvalue weighted by atomic mass is 9.99. The summed E-state index contributed by atoms with van der Waals surface area (Å²) in [6, 6.07) is 24.4. The molecule has 5 rings (SSSR count). The van der Waals surface area contributed by atoms with Crippen LogP contribution in [0.2, 0.25) is 0 Å². The van der Waals surface area contributed by atoms with Gasteiger partial charge in [-0.2, -0.15) is 5.26 Å². The SMILES string of the molecule is CNC(=O)c1cc2c(-c3ccc(C(=O)N(CC#N)C(C)Cc4ccccc4)cc3Oc3c(C)cccc3C)cn(C)c(=O)c2[nH]1. The van der Waals surface area contributed by atoms with Gasteiger partial charge in [-0.25, -0.2) is 0 Å². The van der Waals surface area contributed by atoms with Crippen LogP contribution >= 0.6 is 0 Å². The second kappa shape index (κ2) is 12.9. The van der Waals surface area contributed by atoms with Crippen LogP contribution in [0.4, 0.5) is 0 Å². The van der Waals surface area contributed by atoms with E-state index in [1.165, 1.54) is 11.6 Å². The zero-order valence-corrected chi connectivity index (χ0v) is 26.0. The molecule has 45 heavy (non-hydrogen) atoms. The number of amides is 2. The lowest BCUT2D eigenvalue weighted by Crippen LogP contribution is -2.40. The van der Waals surface area contributed by atoms with Gasteiger partial charge >= 0.3 is 0 Å². The quantitative estimate of drug-likeness (QED) is 0.204. The lowest BCUT2D eigenvalue weighted by molar-refractivity contribution is 0.0718. The number of H-pyrrole nitrogens is 1. The van der Waals surface area contributed by atoms with Crippen molar-refractivity contribution in [2.75, 3.05) is 13.6 Å². The van der Waals surface area contributed by atoms with E-state index in [-0.39, 0.29) is 41.2 Å². The Morgan fingerprint density at radius 2 is 1.73 bits per heavy atom. The molecule has 0 aliphatic rings. The van der Waals surface area contributed by atoms with E-state index >= 15 is 0 Å². The highest BCUT2D eigenvalue weighted by Gasteiger charge is 2.25. The van der Waals surface area contributed by atoms with Crippen LogP contribution in [-0.4, -0.2) is 45.9 Å². The van der Waals surface area contributed by atoms with Crippen molar-refractivity contribution in [1.29, 1.82) is 5.26 Å². The molecule has 2 N–H and O–H groups in total. The molecule has 0 saturated heterocycles. The number of benzene rings is 3. The van der Waals surface area contributed by atoms with E-state index in [9.17, 15) is 19.6 Å². The van der Waals surface area contributed by atoms with Crippen LogP contribution in [0, 0.1) is 25.2 Å². The van der Waals surface area contributed by atoms with Gasteiger partial charge in [-0.05, 0) is 68.1 Å². The van der Waals surface area contributed by atoms with Crippen LogP contribution in [0.5, 0.6) is 11.5 Å². The largest absolute Gasteiger partial charge is 0.456 e. The van der Waals surface area contributed by atoms with E-state index in [0.29, 0.717) is 40.0 Å². The number of ether oxygens (including phenoxy) is 1. The van der Waals surface area contributed by atoms with E-state index in [2.05, 4.69) is 16.4 Å². The van der Waals surface area contributed by atoms with Crippen LogP contribution in [0.1, 0.15) is 44.5 Å². The van der Waals surface area contributed by atoms with Crippen LogP contribution in [0.15, 0.2) is 83.8 Å². The molecule has 0 saturated carbocycles. The molecule has 9 heteroatoms. The van der Waals surface area contributed by atoms with Gasteiger partial charge in [-0.15, -0.1) is 0 Å². The number of nitriles is 1. The lowest BCUT2D eigenvalue weighted by Gasteiger charge is -2.27. The van der Waals surface area contributed by atoms with Crippen LogP contribution < -0.4 is 15.6 Å². The molecule has 1 unspecified atom stereocenters. The Morgan fingerprint density at radius 1 is 1.02 bits per heavy atom. The number of hydrogen-bond donors (Lipinski definition) is 2.